The summed E-state index contributed by atoms with van der Waals surface area (Å²) in [4.78, 5) is 0. The molecule has 1 heterocycles. The van der Waals surface area contributed by atoms with E-state index in [1.165, 1.54) is 5.57 Å². The van der Waals surface area contributed by atoms with Gasteiger partial charge in [-0.3, -0.25) is 0 Å². The van der Waals surface area contributed by atoms with Gasteiger partial charge in [-0.05, 0) is 31.3 Å². The summed E-state index contributed by atoms with van der Waals surface area (Å²) in [6.07, 6.45) is 1.51. The molecule has 0 saturated heterocycles. The van der Waals surface area contributed by atoms with Crippen LogP contribution in [0.25, 0.3) is 0 Å². The third-order valence-corrected chi connectivity index (χ3v) is 3.92. The first-order chi connectivity index (χ1) is 5.91. The number of ether oxygens (including phenoxy) is 1. The van der Waals surface area contributed by atoms with Gasteiger partial charge in [-0.25, -0.2) is 0 Å². The molecule has 1 rings (SSSR count). The highest BCUT2D eigenvalue weighted by Crippen LogP contribution is 2.44. The molecule has 0 aromatic heterocycles. The monoisotopic (exact) mass is 182 g/mol. The van der Waals surface area contributed by atoms with E-state index in [1.54, 1.807) is 0 Å². The van der Waals surface area contributed by atoms with Crippen LogP contribution in [-0.4, -0.2) is 6.10 Å². The van der Waals surface area contributed by atoms with Gasteiger partial charge in [0.15, 0.2) is 0 Å². The molecule has 2 atom stereocenters. The first kappa shape index (κ1) is 10.6. The second-order valence-electron chi connectivity index (χ2n) is 4.76. The minimum atomic E-state index is 0.295. The van der Waals surface area contributed by atoms with E-state index < -0.39 is 0 Å². The number of allylic oxidation sites excluding steroid dienone is 2. The number of hydrogen-bond acceptors (Lipinski definition) is 1. The standard InChI is InChI=1S/C12H22O/c1-7-11-9(3)12(5,6)8(2)10(4)13-11/h9,11H,7H2,1-6H3. The van der Waals surface area contributed by atoms with Gasteiger partial charge in [0, 0.05) is 5.92 Å². The van der Waals surface area contributed by atoms with Crippen LogP contribution in [0, 0.1) is 11.3 Å². The van der Waals surface area contributed by atoms with Crippen molar-refractivity contribution < 1.29 is 4.74 Å². The predicted octanol–water partition coefficient (Wildman–Crippen LogP) is 3.75. The lowest BCUT2D eigenvalue weighted by Gasteiger charge is -2.43. The van der Waals surface area contributed by atoms with E-state index in [9.17, 15) is 0 Å². The molecular weight excluding hydrogens is 160 g/mol. The predicted molar refractivity (Wildman–Crippen MR) is 56.5 cm³/mol. The fourth-order valence-corrected chi connectivity index (χ4v) is 2.11. The molecule has 1 nitrogen and oxygen atoms in total. The van der Waals surface area contributed by atoms with Gasteiger partial charge in [0.05, 0.1) is 5.76 Å². The Bertz CT molecular complexity index is 225. The van der Waals surface area contributed by atoms with E-state index in [0.29, 0.717) is 17.4 Å². The Labute approximate surface area is 82.2 Å². The molecule has 1 aliphatic rings. The molecule has 0 spiro atoms. The summed E-state index contributed by atoms with van der Waals surface area (Å²) in [6.45, 7) is 13.4. The highest BCUT2D eigenvalue weighted by molar-refractivity contribution is 5.18. The summed E-state index contributed by atoms with van der Waals surface area (Å²) in [7, 11) is 0. The van der Waals surface area contributed by atoms with E-state index in [4.69, 9.17) is 4.74 Å². The summed E-state index contributed by atoms with van der Waals surface area (Å²) < 4.78 is 5.88. The molecular formula is C12H22O. The highest BCUT2D eigenvalue weighted by Gasteiger charge is 2.38. The average molecular weight is 182 g/mol. The fourth-order valence-electron chi connectivity index (χ4n) is 2.11. The first-order valence-electron chi connectivity index (χ1n) is 5.25. The SMILES string of the molecule is CCC1OC(C)=C(C)C(C)(C)C1C. The summed E-state index contributed by atoms with van der Waals surface area (Å²) >= 11 is 0. The minimum absolute atomic E-state index is 0.295. The molecule has 0 amide bonds. The van der Waals surface area contributed by atoms with Crippen LogP contribution in [0.2, 0.25) is 0 Å². The Balaban J connectivity index is 3.02. The van der Waals surface area contributed by atoms with Crippen molar-refractivity contribution in [2.24, 2.45) is 11.3 Å². The van der Waals surface area contributed by atoms with Gasteiger partial charge < -0.3 is 4.74 Å². The van der Waals surface area contributed by atoms with Crippen LogP contribution in [0.5, 0.6) is 0 Å². The van der Waals surface area contributed by atoms with Crippen LogP contribution in [0.4, 0.5) is 0 Å². The summed E-state index contributed by atoms with van der Waals surface area (Å²) in [5.41, 5.74) is 1.70. The maximum absolute atomic E-state index is 5.88. The minimum Gasteiger partial charge on any atom is -0.495 e. The van der Waals surface area contributed by atoms with E-state index in [1.807, 2.05) is 0 Å². The van der Waals surface area contributed by atoms with Crippen molar-refractivity contribution in [3.05, 3.63) is 11.3 Å². The fraction of sp³-hybridized carbons (Fsp3) is 0.833. The number of hydrogen-bond donors (Lipinski definition) is 0. The van der Waals surface area contributed by atoms with Crippen molar-refractivity contribution in [2.75, 3.05) is 0 Å². The molecule has 0 N–H and O–H groups in total. The molecule has 0 bridgehead atoms. The van der Waals surface area contributed by atoms with Crippen molar-refractivity contribution in [3.8, 4) is 0 Å². The molecule has 0 aromatic carbocycles. The molecule has 0 fully saturated rings. The Morgan fingerprint density at radius 2 is 1.85 bits per heavy atom. The second-order valence-corrected chi connectivity index (χ2v) is 4.76. The molecule has 1 heteroatoms. The first-order valence-corrected chi connectivity index (χ1v) is 5.25. The highest BCUT2D eigenvalue weighted by atomic mass is 16.5. The zero-order chi connectivity index (χ0) is 10.2. The summed E-state index contributed by atoms with van der Waals surface area (Å²) in [5, 5.41) is 0. The van der Waals surface area contributed by atoms with Gasteiger partial charge in [-0.2, -0.15) is 0 Å². The van der Waals surface area contributed by atoms with Gasteiger partial charge in [-0.15, -0.1) is 0 Å². The van der Waals surface area contributed by atoms with Crippen LogP contribution < -0.4 is 0 Å². The normalized spacial score (nSPS) is 33.1. The third-order valence-electron chi connectivity index (χ3n) is 3.92. The largest absolute Gasteiger partial charge is 0.495 e. The smallest absolute Gasteiger partial charge is 0.101 e. The van der Waals surface area contributed by atoms with E-state index >= 15 is 0 Å². The zero-order valence-corrected chi connectivity index (χ0v) is 9.77. The Hall–Kier alpha value is -0.460. The molecule has 0 aliphatic carbocycles. The molecule has 0 aromatic rings. The Morgan fingerprint density at radius 1 is 1.31 bits per heavy atom. The Morgan fingerprint density at radius 3 is 2.31 bits per heavy atom. The van der Waals surface area contributed by atoms with E-state index in [-0.39, 0.29) is 0 Å². The van der Waals surface area contributed by atoms with Gasteiger partial charge in [0.1, 0.15) is 6.10 Å². The van der Waals surface area contributed by atoms with Crippen molar-refractivity contribution >= 4 is 0 Å². The average Bonchev–Trinajstić information content (AvgIpc) is 2.09. The van der Waals surface area contributed by atoms with Crippen molar-refractivity contribution in [1.29, 1.82) is 0 Å². The maximum atomic E-state index is 5.88. The van der Waals surface area contributed by atoms with Crippen molar-refractivity contribution in [1.82, 2.24) is 0 Å². The topological polar surface area (TPSA) is 9.23 Å². The lowest BCUT2D eigenvalue weighted by Crippen LogP contribution is -2.38. The van der Waals surface area contributed by atoms with Gasteiger partial charge >= 0.3 is 0 Å². The molecule has 0 radical (unpaired) electrons. The van der Waals surface area contributed by atoms with Crippen LogP contribution >= 0.6 is 0 Å². The third kappa shape index (κ3) is 1.61. The van der Waals surface area contributed by atoms with Crippen LogP contribution in [0.3, 0.4) is 0 Å². The van der Waals surface area contributed by atoms with Crippen molar-refractivity contribution in [3.63, 3.8) is 0 Å². The van der Waals surface area contributed by atoms with Crippen LogP contribution in [-0.2, 0) is 4.74 Å². The molecule has 13 heavy (non-hydrogen) atoms. The van der Waals surface area contributed by atoms with Gasteiger partial charge in [-0.1, -0.05) is 27.7 Å². The van der Waals surface area contributed by atoms with Gasteiger partial charge in [0.2, 0.25) is 0 Å². The zero-order valence-electron chi connectivity index (χ0n) is 9.77. The second kappa shape index (κ2) is 3.36. The lowest BCUT2D eigenvalue weighted by molar-refractivity contribution is -0.00263. The van der Waals surface area contributed by atoms with Gasteiger partial charge in [0.25, 0.3) is 0 Å². The number of rotatable bonds is 1. The van der Waals surface area contributed by atoms with Crippen molar-refractivity contribution in [2.45, 2.75) is 54.1 Å². The maximum Gasteiger partial charge on any atom is 0.101 e. The lowest BCUT2D eigenvalue weighted by atomic mass is 9.69. The quantitative estimate of drug-likeness (QED) is 0.600. The van der Waals surface area contributed by atoms with E-state index in [2.05, 4.69) is 41.5 Å². The molecule has 0 saturated carbocycles. The summed E-state index contributed by atoms with van der Waals surface area (Å²) in [6, 6.07) is 0. The molecule has 76 valence electrons. The molecule has 1 aliphatic heterocycles. The van der Waals surface area contributed by atoms with Crippen LogP contribution in [0.1, 0.15) is 48.0 Å². The molecule has 2 unspecified atom stereocenters. The Kier molecular flexibility index (Phi) is 2.74. The van der Waals surface area contributed by atoms with Crippen LogP contribution in [0.15, 0.2) is 11.3 Å². The summed E-state index contributed by atoms with van der Waals surface area (Å²) in [5.74, 6) is 1.75. The van der Waals surface area contributed by atoms with E-state index in [0.717, 1.165) is 12.2 Å².